The van der Waals surface area contributed by atoms with E-state index >= 15 is 0 Å². The zero-order valence-electron chi connectivity index (χ0n) is 11.1. The summed E-state index contributed by atoms with van der Waals surface area (Å²) in [6, 6.07) is 14.3. The second kappa shape index (κ2) is 3.79. The van der Waals surface area contributed by atoms with Crippen molar-refractivity contribution in [2.75, 3.05) is 0 Å². The van der Waals surface area contributed by atoms with E-state index in [1.54, 1.807) is 12.5 Å². The van der Waals surface area contributed by atoms with E-state index in [4.69, 9.17) is 9.41 Å². The molecule has 0 atom stereocenters. The van der Waals surface area contributed by atoms with Gasteiger partial charge in [-0.15, -0.1) is 0 Å². The van der Waals surface area contributed by atoms with Gasteiger partial charge in [-0.1, -0.05) is 24.3 Å². The number of hydrogen-bond acceptors (Lipinski definition) is 3. The van der Waals surface area contributed by atoms with Gasteiger partial charge in [0.2, 0.25) is 0 Å². The first-order valence-corrected chi connectivity index (χ1v) is 6.84. The minimum Gasteiger partial charge on any atom is -0.472 e. The second-order valence-corrected chi connectivity index (χ2v) is 5.17. The molecule has 21 heavy (non-hydrogen) atoms. The fourth-order valence-electron chi connectivity index (χ4n) is 3.07. The number of rotatable bonds is 1. The summed E-state index contributed by atoms with van der Waals surface area (Å²) in [5, 5.41) is 2.15. The average molecular weight is 270 g/mol. The van der Waals surface area contributed by atoms with Crippen LogP contribution in [0.2, 0.25) is 0 Å². The number of benzene rings is 2. The van der Waals surface area contributed by atoms with Crippen LogP contribution in [-0.4, -0.2) is 5.71 Å². The normalized spacial score (nSPS) is 13.8. The van der Waals surface area contributed by atoms with Crippen molar-refractivity contribution >= 4 is 17.6 Å². The highest BCUT2D eigenvalue weighted by molar-refractivity contribution is 6.19. The molecular weight excluding hydrogens is 260 g/mol. The third-order valence-corrected chi connectivity index (χ3v) is 3.99. The van der Waals surface area contributed by atoms with Gasteiger partial charge in [-0.25, -0.2) is 4.99 Å². The summed E-state index contributed by atoms with van der Waals surface area (Å²) in [5.74, 6) is 0. The lowest BCUT2D eigenvalue weighted by Gasteiger charge is -2.07. The van der Waals surface area contributed by atoms with Crippen LogP contribution in [0.1, 0.15) is 11.1 Å². The van der Waals surface area contributed by atoms with Crippen molar-refractivity contribution in [3.8, 4) is 11.1 Å². The van der Waals surface area contributed by atoms with Crippen molar-refractivity contribution in [2.24, 2.45) is 9.98 Å². The van der Waals surface area contributed by atoms with E-state index in [-0.39, 0.29) is 0 Å². The number of para-hydroxylation sites is 1. The monoisotopic (exact) mass is 270 g/mol. The van der Waals surface area contributed by atoms with Crippen molar-refractivity contribution < 1.29 is 4.42 Å². The fraction of sp³-hybridized carbons (Fsp3) is 0. The summed E-state index contributed by atoms with van der Waals surface area (Å²) in [6.07, 6.45) is 5.33. The van der Waals surface area contributed by atoms with Gasteiger partial charge >= 0.3 is 0 Å². The largest absolute Gasteiger partial charge is 0.472 e. The molecule has 5 rings (SSSR count). The van der Waals surface area contributed by atoms with Gasteiger partial charge in [0.25, 0.3) is 0 Å². The molecule has 2 aromatic carbocycles. The minimum absolute atomic E-state index is 0.961. The Balaban J connectivity index is 1.87. The number of fused-ring (bicyclic) bond motifs is 5. The molecule has 0 spiro atoms. The van der Waals surface area contributed by atoms with Crippen LogP contribution in [0.15, 0.2) is 69.4 Å². The Hall–Kier alpha value is -2.94. The van der Waals surface area contributed by atoms with Crippen molar-refractivity contribution in [1.29, 1.82) is 0 Å². The predicted octanol–water partition coefficient (Wildman–Crippen LogP) is 2.80. The molecule has 0 N–H and O–H groups in total. The molecule has 3 aromatic rings. The Morgan fingerprint density at radius 2 is 1.86 bits per heavy atom. The Labute approximate surface area is 120 Å². The van der Waals surface area contributed by atoms with E-state index in [9.17, 15) is 0 Å². The van der Waals surface area contributed by atoms with Crippen LogP contribution in [-0.2, 0) is 0 Å². The van der Waals surface area contributed by atoms with E-state index in [1.807, 2.05) is 18.3 Å². The van der Waals surface area contributed by atoms with Crippen LogP contribution < -0.4 is 10.6 Å². The molecule has 1 aromatic heterocycles. The minimum atomic E-state index is 0.961. The third kappa shape index (κ3) is 1.37. The third-order valence-electron chi connectivity index (χ3n) is 3.99. The van der Waals surface area contributed by atoms with Crippen LogP contribution in [0.3, 0.4) is 0 Å². The second-order valence-electron chi connectivity index (χ2n) is 5.17. The standard InChI is InChI=1S/C18H10N2O/c1-2-4-14-13(3-1)17-15(20-14)6-5-11-9-19-18(16(11)17)12-7-8-21-10-12/h1-10H. The Morgan fingerprint density at radius 1 is 0.905 bits per heavy atom. The van der Waals surface area contributed by atoms with E-state index in [1.165, 1.54) is 11.1 Å². The van der Waals surface area contributed by atoms with Crippen molar-refractivity contribution in [3.63, 3.8) is 0 Å². The lowest BCUT2D eigenvalue weighted by atomic mass is 9.94. The van der Waals surface area contributed by atoms with Crippen LogP contribution in [0.5, 0.6) is 0 Å². The molecule has 3 heterocycles. The number of nitrogens with zero attached hydrogens (tertiary/aromatic N) is 2. The molecule has 3 nitrogen and oxygen atoms in total. The highest BCUT2D eigenvalue weighted by atomic mass is 16.3. The number of hydrogen-bond donors (Lipinski definition) is 0. The van der Waals surface area contributed by atoms with Gasteiger partial charge in [-0.2, -0.15) is 0 Å². The maximum atomic E-state index is 5.21. The van der Waals surface area contributed by atoms with Crippen LogP contribution in [0, 0.1) is 0 Å². The van der Waals surface area contributed by atoms with Gasteiger partial charge in [-0.05, 0) is 18.2 Å². The molecule has 0 amide bonds. The summed E-state index contributed by atoms with van der Waals surface area (Å²) in [4.78, 5) is 9.30. The molecule has 2 aliphatic heterocycles. The zero-order valence-corrected chi connectivity index (χ0v) is 11.1. The van der Waals surface area contributed by atoms with Gasteiger partial charge in [0.15, 0.2) is 0 Å². The molecule has 0 radical (unpaired) electrons. The van der Waals surface area contributed by atoms with Gasteiger partial charge in [0.05, 0.1) is 29.3 Å². The van der Waals surface area contributed by atoms with Crippen molar-refractivity contribution in [1.82, 2.24) is 0 Å². The van der Waals surface area contributed by atoms with Crippen LogP contribution in [0.25, 0.3) is 17.3 Å². The summed E-state index contributed by atoms with van der Waals surface area (Å²) in [7, 11) is 0. The summed E-state index contributed by atoms with van der Waals surface area (Å²) < 4.78 is 5.21. The summed E-state index contributed by atoms with van der Waals surface area (Å²) in [5.41, 5.74) is 6.50. The zero-order chi connectivity index (χ0) is 13.8. The molecule has 0 bridgehead atoms. The van der Waals surface area contributed by atoms with E-state index in [2.05, 4.69) is 35.3 Å². The molecule has 2 aliphatic rings. The molecule has 3 heteroatoms. The van der Waals surface area contributed by atoms with Crippen molar-refractivity contribution in [3.05, 3.63) is 76.7 Å². The first-order valence-electron chi connectivity index (χ1n) is 6.84. The van der Waals surface area contributed by atoms with Crippen LogP contribution in [0.4, 0.5) is 5.69 Å². The summed E-state index contributed by atoms with van der Waals surface area (Å²) >= 11 is 0. The highest BCUT2D eigenvalue weighted by Crippen LogP contribution is 2.34. The van der Waals surface area contributed by atoms with Gasteiger partial charge in [0.1, 0.15) is 0 Å². The molecule has 0 fully saturated rings. The van der Waals surface area contributed by atoms with E-state index in [0.717, 1.165) is 33.1 Å². The fourth-order valence-corrected chi connectivity index (χ4v) is 3.07. The lowest BCUT2D eigenvalue weighted by Crippen LogP contribution is -2.19. The molecule has 0 aliphatic carbocycles. The molecule has 0 saturated carbocycles. The Bertz CT molecular complexity index is 1030. The average Bonchev–Trinajstić information content (AvgIpc) is 3.23. The lowest BCUT2D eigenvalue weighted by molar-refractivity contribution is 0.567. The highest BCUT2D eigenvalue weighted by Gasteiger charge is 2.23. The molecule has 98 valence electrons. The Kier molecular flexibility index (Phi) is 1.95. The van der Waals surface area contributed by atoms with E-state index in [0.29, 0.717) is 0 Å². The Morgan fingerprint density at radius 3 is 2.76 bits per heavy atom. The molecular formula is C18H10N2O. The van der Waals surface area contributed by atoms with Gasteiger partial charge in [-0.3, -0.25) is 4.99 Å². The van der Waals surface area contributed by atoms with Gasteiger partial charge < -0.3 is 4.42 Å². The molecule has 0 saturated heterocycles. The number of aliphatic imine (C=N–C) groups is 1. The quantitative estimate of drug-likeness (QED) is 0.524. The maximum Gasteiger partial charge on any atom is 0.0996 e. The summed E-state index contributed by atoms with van der Waals surface area (Å²) in [6.45, 7) is 0. The first-order chi connectivity index (χ1) is 10.4. The van der Waals surface area contributed by atoms with E-state index < -0.39 is 0 Å². The SMILES string of the molecule is C1=c2ccc3c(c2C(c2ccoc2)=N1)-c1ccccc1N=3. The molecule has 0 unspecified atom stereocenters. The first kappa shape index (κ1) is 10.8. The van der Waals surface area contributed by atoms with Crippen LogP contribution >= 0.6 is 0 Å². The van der Waals surface area contributed by atoms with Gasteiger partial charge in [0, 0.05) is 33.7 Å². The van der Waals surface area contributed by atoms with Crippen molar-refractivity contribution in [2.45, 2.75) is 0 Å². The maximum absolute atomic E-state index is 5.21. The smallest absolute Gasteiger partial charge is 0.0996 e. The predicted molar refractivity (Wildman–Crippen MR) is 81.1 cm³/mol. The number of furan rings is 1. The topological polar surface area (TPSA) is 37.9 Å².